The number of aromatic nitrogens is 1. The fourth-order valence-corrected chi connectivity index (χ4v) is 2.75. The van der Waals surface area contributed by atoms with E-state index in [-0.39, 0.29) is 5.91 Å². The van der Waals surface area contributed by atoms with Gasteiger partial charge in [0.1, 0.15) is 5.41 Å². The van der Waals surface area contributed by atoms with Gasteiger partial charge >= 0.3 is 0 Å². The summed E-state index contributed by atoms with van der Waals surface area (Å²) in [5.41, 5.74) is 0.950. The van der Waals surface area contributed by atoms with E-state index in [0.717, 1.165) is 24.1 Å². The molecular formula is C12H15N3OS. The van der Waals surface area contributed by atoms with Crippen LogP contribution in [0.2, 0.25) is 0 Å². The average molecular weight is 249 g/mol. The Morgan fingerprint density at radius 2 is 2.29 bits per heavy atom. The molecule has 1 heterocycles. The van der Waals surface area contributed by atoms with Crippen LogP contribution in [0.15, 0.2) is 11.7 Å². The third-order valence-electron chi connectivity index (χ3n) is 3.26. The molecule has 0 aliphatic heterocycles. The minimum Gasteiger partial charge on any atom is -0.350 e. The van der Waals surface area contributed by atoms with Crippen molar-refractivity contribution in [2.45, 2.75) is 38.6 Å². The fourth-order valence-electron chi connectivity index (χ4n) is 2.21. The Morgan fingerprint density at radius 3 is 2.88 bits per heavy atom. The second-order valence-corrected chi connectivity index (χ2v) is 5.38. The predicted octanol–water partition coefficient (Wildman–Crippen LogP) is 2.23. The van der Waals surface area contributed by atoms with E-state index in [1.165, 1.54) is 11.3 Å². The van der Waals surface area contributed by atoms with Crippen LogP contribution in [0.25, 0.3) is 0 Å². The second kappa shape index (κ2) is 5.28. The molecule has 1 aromatic rings. The van der Waals surface area contributed by atoms with Crippen LogP contribution >= 0.6 is 11.3 Å². The third kappa shape index (κ3) is 2.64. The van der Waals surface area contributed by atoms with Crippen molar-refractivity contribution in [2.24, 2.45) is 5.41 Å². The Hall–Kier alpha value is -1.41. The number of hydrogen-bond acceptors (Lipinski definition) is 4. The molecule has 5 heteroatoms. The van der Waals surface area contributed by atoms with Crippen LogP contribution in [0.4, 0.5) is 0 Å². The summed E-state index contributed by atoms with van der Waals surface area (Å²) in [5.74, 6) is -0.117. The van der Waals surface area contributed by atoms with Crippen LogP contribution < -0.4 is 5.32 Å². The minimum absolute atomic E-state index is 0.117. The molecule has 1 saturated carbocycles. The fraction of sp³-hybridized carbons (Fsp3) is 0.583. The highest BCUT2D eigenvalue weighted by molar-refractivity contribution is 7.09. The van der Waals surface area contributed by atoms with Gasteiger partial charge in [0, 0.05) is 11.1 Å². The minimum atomic E-state index is -0.789. The predicted molar refractivity (Wildman–Crippen MR) is 65.1 cm³/mol. The van der Waals surface area contributed by atoms with E-state index in [4.69, 9.17) is 0 Å². The molecular weight excluding hydrogens is 234 g/mol. The van der Waals surface area contributed by atoms with Crippen molar-refractivity contribution in [1.82, 2.24) is 10.3 Å². The highest BCUT2D eigenvalue weighted by Gasteiger charge is 2.39. The molecule has 0 spiro atoms. The van der Waals surface area contributed by atoms with Gasteiger partial charge in [0.2, 0.25) is 5.91 Å². The lowest BCUT2D eigenvalue weighted by Gasteiger charge is -2.28. The molecule has 0 saturated heterocycles. The van der Waals surface area contributed by atoms with Gasteiger partial charge in [-0.25, -0.2) is 0 Å². The summed E-state index contributed by atoms with van der Waals surface area (Å²) in [7, 11) is 0. The van der Waals surface area contributed by atoms with Gasteiger partial charge in [-0.1, -0.05) is 19.3 Å². The van der Waals surface area contributed by atoms with E-state index < -0.39 is 5.41 Å². The first kappa shape index (κ1) is 12.1. The van der Waals surface area contributed by atoms with Gasteiger partial charge < -0.3 is 5.32 Å². The van der Waals surface area contributed by atoms with Crippen molar-refractivity contribution in [2.75, 3.05) is 0 Å². The molecule has 0 bridgehead atoms. The van der Waals surface area contributed by atoms with Crippen molar-refractivity contribution in [3.05, 3.63) is 16.6 Å². The highest BCUT2D eigenvalue weighted by atomic mass is 32.1. The number of hydrogen-bond donors (Lipinski definition) is 1. The summed E-state index contributed by atoms with van der Waals surface area (Å²) in [4.78, 5) is 17.1. The maximum absolute atomic E-state index is 12.1. The van der Waals surface area contributed by atoms with Gasteiger partial charge in [0.15, 0.2) is 0 Å². The largest absolute Gasteiger partial charge is 0.350 e. The number of nitrogens with zero attached hydrogens (tertiary/aromatic N) is 2. The van der Waals surface area contributed by atoms with Crippen LogP contribution in [-0.4, -0.2) is 10.9 Å². The van der Waals surface area contributed by atoms with Crippen molar-refractivity contribution in [1.29, 1.82) is 5.26 Å². The molecule has 1 N–H and O–H groups in total. The molecule has 17 heavy (non-hydrogen) atoms. The highest BCUT2D eigenvalue weighted by Crippen LogP contribution is 2.35. The molecule has 2 rings (SSSR count). The number of thiazole rings is 1. The quantitative estimate of drug-likeness (QED) is 0.893. The zero-order valence-electron chi connectivity index (χ0n) is 9.61. The van der Waals surface area contributed by atoms with Gasteiger partial charge in [0.25, 0.3) is 0 Å². The summed E-state index contributed by atoms with van der Waals surface area (Å²) in [6, 6.07) is 2.22. The molecule has 4 nitrogen and oxygen atoms in total. The van der Waals surface area contributed by atoms with Crippen molar-refractivity contribution in [3.8, 4) is 6.07 Å². The molecule has 1 aliphatic carbocycles. The monoisotopic (exact) mass is 249 g/mol. The molecule has 1 amide bonds. The summed E-state index contributed by atoms with van der Waals surface area (Å²) in [5, 5.41) is 12.1. The summed E-state index contributed by atoms with van der Waals surface area (Å²) < 4.78 is 0. The van der Waals surface area contributed by atoms with Gasteiger partial charge in [0.05, 0.1) is 18.1 Å². The third-order valence-corrected chi connectivity index (χ3v) is 4.04. The number of rotatable bonds is 3. The number of nitriles is 1. The van der Waals surface area contributed by atoms with Crippen molar-refractivity contribution in [3.63, 3.8) is 0 Å². The van der Waals surface area contributed by atoms with Gasteiger partial charge in [-0.2, -0.15) is 5.26 Å². The van der Waals surface area contributed by atoms with E-state index in [0.29, 0.717) is 19.4 Å². The smallest absolute Gasteiger partial charge is 0.240 e. The first-order valence-electron chi connectivity index (χ1n) is 5.84. The number of carbonyl (C=O) groups excluding carboxylic acids is 1. The van der Waals surface area contributed by atoms with E-state index in [2.05, 4.69) is 16.4 Å². The summed E-state index contributed by atoms with van der Waals surface area (Å²) in [6.45, 7) is 0.479. The van der Waals surface area contributed by atoms with Gasteiger partial charge in [-0.15, -0.1) is 11.3 Å². The first-order valence-corrected chi connectivity index (χ1v) is 6.72. The van der Waals surface area contributed by atoms with Crippen LogP contribution in [0.3, 0.4) is 0 Å². The summed E-state index contributed by atoms with van der Waals surface area (Å²) >= 11 is 1.51. The van der Waals surface area contributed by atoms with Gasteiger partial charge in [-0.3, -0.25) is 9.78 Å². The lowest BCUT2D eigenvalue weighted by Crippen LogP contribution is -2.41. The van der Waals surface area contributed by atoms with E-state index >= 15 is 0 Å². The molecule has 0 radical (unpaired) electrons. The molecule has 0 unspecified atom stereocenters. The standard InChI is InChI=1S/C12H15N3OS/c13-8-12(4-2-1-3-5-12)11(16)15-7-10-6-14-9-17-10/h6,9H,1-5,7H2,(H,15,16). The topological polar surface area (TPSA) is 65.8 Å². The SMILES string of the molecule is N#CC1(C(=O)NCc2cncs2)CCCCC1. The molecule has 1 aliphatic rings. The zero-order chi connectivity index (χ0) is 12.1. The molecule has 90 valence electrons. The number of carbonyl (C=O) groups is 1. The molecule has 0 atom stereocenters. The van der Waals surface area contributed by atoms with Gasteiger partial charge in [-0.05, 0) is 12.8 Å². The Bertz CT molecular complexity index is 415. The number of amides is 1. The Kier molecular flexibility index (Phi) is 3.75. The van der Waals surface area contributed by atoms with Crippen LogP contribution in [0.5, 0.6) is 0 Å². The maximum Gasteiger partial charge on any atom is 0.240 e. The number of nitrogens with one attached hydrogen (secondary N) is 1. The summed E-state index contributed by atoms with van der Waals surface area (Å²) in [6.07, 6.45) is 6.20. The van der Waals surface area contributed by atoms with Crippen molar-refractivity contribution >= 4 is 17.2 Å². The Labute approximate surface area is 105 Å². The first-order chi connectivity index (χ1) is 8.27. The van der Waals surface area contributed by atoms with E-state index in [1.807, 2.05) is 0 Å². The van der Waals surface area contributed by atoms with Crippen molar-refractivity contribution < 1.29 is 4.79 Å². The zero-order valence-corrected chi connectivity index (χ0v) is 10.4. The molecule has 1 aromatic heterocycles. The van der Waals surface area contributed by atoms with Crippen LogP contribution in [0.1, 0.15) is 37.0 Å². The molecule has 0 aromatic carbocycles. The molecule has 1 fully saturated rings. The Morgan fingerprint density at radius 1 is 1.53 bits per heavy atom. The van der Waals surface area contributed by atoms with Crippen LogP contribution in [-0.2, 0) is 11.3 Å². The van der Waals surface area contributed by atoms with E-state index in [9.17, 15) is 10.1 Å². The second-order valence-electron chi connectivity index (χ2n) is 4.40. The maximum atomic E-state index is 12.1. The van der Waals surface area contributed by atoms with Crippen LogP contribution in [0, 0.1) is 16.7 Å². The lowest BCUT2D eigenvalue weighted by atomic mass is 9.74. The average Bonchev–Trinajstić information content (AvgIpc) is 2.90. The lowest BCUT2D eigenvalue weighted by molar-refractivity contribution is -0.129. The Balaban J connectivity index is 1.96. The normalized spacial score (nSPS) is 18.3. The van der Waals surface area contributed by atoms with E-state index in [1.54, 1.807) is 11.7 Å².